The number of hydrogen-bond acceptors (Lipinski definition) is 5. The van der Waals surface area contributed by atoms with Gasteiger partial charge in [0.25, 0.3) is 5.91 Å². The first-order chi connectivity index (χ1) is 12.4. The molecule has 0 saturated carbocycles. The van der Waals surface area contributed by atoms with E-state index < -0.39 is 0 Å². The van der Waals surface area contributed by atoms with Crippen molar-refractivity contribution >= 4 is 11.6 Å². The van der Waals surface area contributed by atoms with Crippen molar-refractivity contribution < 1.29 is 14.3 Å². The number of aromatic nitrogens is 3. The molecule has 0 aliphatic carbocycles. The van der Waals surface area contributed by atoms with Gasteiger partial charge < -0.3 is 14.4 Å². The van der Waals surface area contributed by atoms with E-state index in [0.717, 1.165) is 30.8 Å². The molecule has 2 aromatic heterocycles. The molecule has 140 valence electrons. The number of aryl methyl sites for hydroxylation is 3. The van der Waals surface area contributed by atoms with Crippen molar-refractivity contribution in [2.45, 2.75) is 52.2 Å². The van der Waals surface area contributed by atoms with Crippen LogP contribution in [-0.4, -0.2) is 63.4 Å². The van der Waals surface area contributed by atoms with E-state index in [1.54, 1.807) is 4.52 Å². The molecule has 0 radical (unpaired) electrons. The summed E-state index contributed by atoms with van der Waals surface area (Å²) in [5.74, 6) is -0.0184. The molecule has 7 heteroatoms. The van der Waals surface area contributed by atoms with Crippen LogP contribution in [0.2, 0.25) is 0 Å². The van der Waals surface area contributed by atoms with Crippen molar-refractivity contribution in [3.63, 3.8) is 0 Å². The number of hydrogen-bond donors (Lipinski definition) is 0. The van der Waals surface area contributed by atoms with E-state index in [9.17, 15) is 4.79 Å². The fourth-order valence-corrected chi connectivity index (χ4v) is 4.26. The van der Waals surface area contributed by atoms with Gasteiger partial charge in [0.2, 0.25) is 0 Å². The van der Waals surface area contributed by atoms with Gasteiger partial charge in [0, 0.05) is 24.5 Å². The molecule has 0 bridgehead atoms. The highest BCUT2D eigenvalue weighted by molar-refractivity contribution is 6.01. The molecule has 1 spiro atoms. The topological polar surface area (TPSA) is 69.0 Å². The molecule has 26 heavy (non-hydrogen) atoms. The Balaban J connectivity index is 1.71. The standard InChI is InChI=1S/C19H26N4O3/c1-12-8-13(2)23-17(20-12)16(15(4)21-23)18(24)22-9-14(3)26-19(10-22)6-5-7-25-11-19/h8,14H,5-7,9-11H2,1-4H3/t14-,19+/m0/s1. The molecule has 7 nitrogen and oxygen atoms in total. The summed E-state index contributed by atoms with van der Waals surface area (Å²) in [7, 11) is 0. The second-order valence-electron chi connectivity index (χ2n) is 7.69. The lowest BCUT2D eigenvalue weighted by molar-refractivity contribution is -0.188. The Kier molecular flexibility index (Phi) is 4.23. The predicted molar refractivity (Wildman–Crippen MR) is 96.4 cm³/mol. The molecule has 2 saturated heterocycles. The zero-order chi connectivity index (χ0) is 18.5. The highest BCUT2D eigenvalue weighted by atomic mass is 16.6. The van der Waals surface area contributed by atoms with Crippen LogP contribution >= 0.6 is 0 Å². The summed E-state index contributed by atoms with van der Waals surface area (Å²) in [5.41, 5.74) is 3.42. The molecule has 0 aromatic carbocycles. The van der Waals surface area contributed by atoms with E-state index in [0.29, 0.717) is 36.6 Å². The van der Waals surface area contributed by atoms with Gasteiger partial charge >= 0.3 is 0 Å². The third-order valence-corrected chi connectivity index (χ3v) is 5.27. The van der Waals surface area contributed by atoms with Gasteiger partial charge in [-0.2, -0.15) is 5.10 Å². The number of fused-ring (bicyclic) bond motifs is 1. The van der Waals surface area contributed by atoms with Crippen molar-refractivity contribution in [2.24, 2.45) is 0 Å². The Morgan fingerprint density at radius 2 is 2.15 bits per heavy atom. The van der Waals surface area contributed by atoms with Crippen LogP contribution in [0.1, 0.15) is 47.2 Å². The Bertz CT molecular complexity index is 854. The minimum atomic E-state index is -0.387. The third-order valence-electron chi connectivity index (χ3n) is 5.27. The zero-order valence-corrected chi connectivity index (χ0v) is 15.9. The minimum Gasteiger partial charge on any atom is -0.378 e. The van der Waals surface area contributed by atoms with Gasteiger partial charge in [0.1, 0.15) is 11.2 Å². The van der Waals surface area contributed by atoms with E-state index in [1.165, 1.54) is 0 Å². The molecule has 4 rings (SSSR count). The van der Waals surface area contributed by atoms with Gasteiger partial charge in [0.05, 0.1) is 24.9 Å². The molecular formula is C19H26N4O3. The number of morpholine rings is 1. The van der Waals surface area contributed by atoms with Gasteiger partial charge in [-0.15, -0.1) is 0 Å². The summed E-state index contributed by atoms with van der Waals surface area (Å²) in [6.45, 7) is 10.3. The lowest BCUT2D eigenvalue weighted by Crippen LogP contribution is -2.59. The smallest absolute Gasteiger partial charge is 0.259 e. The molecule has 0 unspecified atom stereocenters. The molecule has 4 heterocycles. The van der Waals surface area contributed by atoms with Crippen LogP contribution < -0.4 is 0 Å². The van der Waals surface area contributed by atoms with Crippen molar-refractivity contribution in [2.75, 3.05) is 26.3 Å². The Hall–Kier alpha value is -1.99. The maximum Gasteiger partial charge on any atom is 0.259 e. The van der Waals surface area contributed by atoms with Crippen molar-refractivity contribution in [1.82, 2.24) is 19.5 Å². The van der Waals surface area contributed by atoms with Crippen molar-refractivity contribution in [3.05, 3.63) is 28.7 Å². The van der Waals surface area contributed by atoms with Crippen LogP contribution in [0.3, 0.4) is 0 Å². The molecule has 0 N–H and O–H groups in total. The van der Waals surface area contributed by atoms with Gasteiger partial charge in [-0.1, -0.05) is 0 Å². The first kappa shape index (κ1) is 17.4. The van der Waals surface area contributed by atoms with E-state index in [-0.39, 0.29) is 17.6 Å². The van der Waals surface area contributed by atoms with Crippen LogP contribution in [0, 0.1) is 20.8 Å². The Labute approximate surface area is 153 Å². The van der Waals surface area contributed by atoms with Crippen LogP contribution in [0.5, 0.6) is 0 Å². The zero-order valence-electron chi connectivity index (χ0n) is 15.9. The lowest BCUT2D eigenvalue weighted by Gasteiger charge is -2.47. The Morgan fingerprint density at radius 3 is 2.88 bits per heavy atom. The number of carbonyl (C=O) groups is 1. The van der Waals surface area contributed by atoms with Gasteiger partial charge in [0.15, 0.2) is 5.65 Å². The van der Waals surface area contributed by atoms with Gasteiger partial charge in [-0.25, -0.2) is 9.50 Å². The first-order valence-electron chi connectivity index (χ1n) is 9.27. The number of rotatable bonds is 1. The van der Waals surface area contributed by atoms with Crippen LogP contribution in [0.4, 0.5) is 0 Å². The van der Waals surface area contributed by atoms with E-state index >= 15 is 0 Å². The molecule has 2 aliphatic rings. The highest BCUT2D eigenvalue weighted by Crippen LogP contribution is 2.31. The summed E-state index contributed by atoms with van der Waals surface area (Å²) in [6, 6.07) is 1.97. The largest absolute Gasteiger partial charge is 0.378 e. The van der Waals surface area contributed by atoms with E-state index in [2.05, 4.69) is 10.1 Å². The molecule has 1 amide bonds. The highest BCUT2D eigenvalue weighted by Gasteiger charge is 2.43. The fraction of sp³-hybridized carbons (Fsp3) is 0.632. The lowest BCUT2D eigenvalue weighted by atomic mass is 9.93. The average Bonchev–Trinajstić information content (AvgIpc) is 2.90. The maximum atomic E-state index is 13.4. The van der Waals surface area contributed by atoms with E-state index in [1.807, 2.05) is 38.7 Å². The van der Waals surface area contributed by atoms with Crippen LogP contribution in [0.25, 0.3) is 5.65 Å². The fourth-order valence-electron chi connectivity index (χ4n) is 4.26. The Morgan fingerprint density at radius 1 is 1.35 bits per heavy atom. The molecule has 2 atom stereocenters. The third kappa shape index (κ3) is 2.89. The number of ether oxygens (including phenoxy) is 2. The summed E-state index contributed by atoms with van der Waals surface area (Å²) >= 11 is 0. The first-order valence-corrected chi connectivity index (χ1v) is 9.27. The summed E-state index contributed by atoms with van der Waals surface area (Å²) in [4.78, 5) is 19.9. The van der Waals surface area contributed by atoms with Gasteiger partial charge in [-0.05, 0) is 46.6 Å². The summed E-state index contributed by atoms with van der Waals surface area (Å²) < 4.78 is 13.6. The van der Waals surface area contributed by atoms with Crippen LogP contribution in [-0.2, 0) is 9.47 Å². The number of nitrogens with zero attached hydrogens (tertiary/aromatic N) is 4. The molecular weight excluding hydrogens is 332 g/mol. The van der Waals surface area contributed by atoms with Crippen molar-refractivity contribution in [3.8, 4) is 0 Å². The maximum absolute atomic E-state index is 13.4. The second-order valence-corrected chi connectivity index (χ2v) is 7.69. The van der Waals surface area contributed by atoms with Gasteiger partial charge in [-0.3, -0.25) is 4.79 Å². The summed E-state index contributed by atoms with van der Waals surface area (Å²) in [5, 5.41) is 4.54. The molecule has 2 aromatic rings. The minimum absolute atomic E-state index is 0.0184. The summed E-state index contributed by atoms with van der Waals surface area (Å²) in [6.07, 6.45) is 1.86. The quantitative estimate of drug-likeness (QED) is 0.781. The average molecular weight is 358 g/mol. The molecule has 2 fully saturated rings. The number of carbonyl (C=O) groups excluding carboxylic acids is 1. The van der Waals surface area contributed by atoms with E-state index in [4.69, 9.17) is 9.47 Å². The SMILES string of the molecule is Cc1cc(C)n2nc(C)c(C(=O)N3C[C@H](C)O[C@]4(CCCOC4)C3)c2n1. The van der Waals surface area contributed by atoms with Crippen LogP contribution in [0.15, 0.2) is 6.07 Å². The monoisotopic (exact) mass is 358 g/mol. The number of amides is 1. The molecule has 2 aliphatic heterocycles. The normalized spacial score (nSPS) is 26.6. The second kappa shape index (κ2) is 6.32. The predicted octanol–water partition coefficient (Wildman–Crippen LogP) is 2.06. The van der Waals surface area contributed by atoms with Crippen molar-refractivity contribution in [1.29, 1.82) is 0 Å².